The number of anilines is 1. The summed E-state index contributed by atoms with van der Waals surface area (Å²) in [4.78, 5) is 36.0. The van der Waals surface area contributed by atoms with Gasteiger partial charge in [0.1, 0.15) is 12.6 Å². The van der Waals surface area contributed by atoms with Crippen LogP contribution >= 0.6 is 0 Å². The van der Waals surface area contributed by atoms with E-state index < -0.39 is 24.0 Å². The topological polar surface area (TPSA) is 112 Å². The first-order valence-corrected chi connectivity index (χ1v) is 10.2. The smallest absolute Gasteiger partial charge is 0.408 e. The molecule has 0 saturated carbocycles. The number of rotatable bonds is 7. The lowest BCUT2D eigenvalue weighted by atomic mass is 10.2. The molecule has 0 radical (unpaired) electrons. The van der Waals surface area contributed by atoms with E-state index in [0.29, 0.717) is 5.69 Å². The molecule has 9 nitrogen and oxygen atoms in total. The molecule has 2 N–H and O–H groups in total. The van der Waals surface area contributed by atoms with Gasteiger partial charge >= 0.3 is 12.1 Å². The molecule has 0 aliphatic carbocycles. The molecule has 2 aromatic carbocycles. The third kappa shape index (κ3) is 5.84. The minimum atomic E-state index is -1.12. The van der Waals surface area contributed by atoms with Crippen LogP contribution in [0.5, 0.6) is 0 Å². The number of alkyl carbamates (subject to hydrolysis) is 1. The third-order valence-corrected chi connectivity index (χ3v) is 4.49. The van der Waals surface area contributed by atoms with Gasteiger partial charge in [-0.3, -0.25) is 9.59 Å². The highest BCUT2D eigenvalue weighted by atomic mass is 16.6. The minimum absolute atomic E-state index is 0.322. The van der Waals surface area contributed by atoms with Crippen molar-refractivity contribution < 1.29 is 23.9 Å². The van der Waals surface area contributed by atoms with Gasteiger partial charge in [-0.05, 0) is 56.7 Å². The van der Waals surface area contributed by atoms with Crippen molar-refractivity contribution in [3.8, 4) is 5.69 Å². The predicted molar refractivity (Wildman–Crippen MR) is 120 cm³/mol. The number of hydrogen-bond donors (Lipinski definition) is 2. The highest BCUT2D eigenvalue weighted by Crippen LogP contribution is 2.22. The first-order valence-electron chi connectivity index (χ1n) is 10.2. The fourth-order valence-corrected chi connectivity index (χ4v) is 3.06. The van der Waals surface area contributed by atoms with Crippen LogP contribution in [-0.2, 0) is 19.1 Å². The van der Waals surface area contributed by atoms with Gasteiger partial charge in [-0.25, -0.2) is 9.48 Å². The zero-order valence-corrected chi connectivity index (χ0v) is 18.4. The fourth-order valence-electron chi connectivity index (χ4n) is 3.06. The van der Waals surface area contributed by atoms with E-state index in [0.717, 1.165) is 22.2 Å². The van der Waals surface area contributed by atoms with E-state index in [-0.39, 0.29) is 12.7 Å². The molecule has 0 aliphatic rings. The van der Waals surface area contributed by atoms with E-state index in [1.165, 1.54) is 6.92 Å². The molecule has 0 bridgehead atoms. The van der Waals surface area contributed by atoms with E-state index in [1.54, 1.807) is 36.9 Å². The molecule has 0 fully saturated rings. The van der Waals surface area contributed by atoms with Gasteiger partial charge in [-0.1, -0.05) is 12.1 Å². The molecule has 0 saturated heterocycles. The van der Waals surface area contributed by atoms with Crippen LogP contribution in [0.2, 0.25) is 0 Å². The summed E-state index contributed by atoms with van der Waals surface area (Å²) in [7, 11) is 0. The molecule has 1 aromatic heterocycles. The maximum absolute atomic E-state index is 12.8. The summed E-state index contributed by atoms with van der Waals surface area (Å²) >= 11 is 0. The molecule has 168 valence electrons. The van der Waals surface area contributed by atoms with Crippen LogP contribution in [0, 0.1) is 6.92 Å². The van der Waals surface area contributed by atoms with Gasteiger partial charge in [-0.15, -0.1) is 0 Å². The Labute approximate surface area is 185 Å². The fraction of sp³-hybridized carbons (Fsp3) is 0.304. The van der Waals surface area contributed by atoms with Crippen molar-refractivity contribution in [3.63, 3.8) is 0 Å². The molecule has 3 aromatic rings. The van der Waals surface area contributed by atoms with Gasteiger partial charge in [0.05, 0.1) is 23.5 Å². The molecule has 9 heteroatoms. The predicted octanol–water partition coefficient (Wildman–Crippen LogP) is 3.34. The van der Waals surface area contributed by atoms with Crippen LogP contribution in [-0.4, -0.2) is 46.5 Å². The highest BCUT2D eigenvalue weighted by Gasteiger charge is 2.24. The van der Waals surface area contributed by atoms with Gasteiger partial charge in [-0.2, -0.15) is 5.10 Å². The first-order chi connectivity index (χ1) is 15.2. The molecule has 1 heterocycles. The summed E-state index contributed by atoms with van der Waals surface area (Å²) in [6.07, 6.45) is 0.605. The van der Waals surface area contributed by atoms with Gasteiger partial charge in [0.25, 0.3) is 5.91 Å². The van der Waals surface area contributed by atoms with Gasteiger partial charge in [0.2, 0.25) is 0 Å². The molecular weight excluding hydrogens is 412 g/mol. The van der Waals surface area contributed by atoms with Crippen molar-refractivity contribution in [1.82, 2.24) is 15.1 Å². The number of aryl methyl sites for hydroxylation is 1. The lowest BCUT2D eigenvalue weighted by Gasteiger charge is -2.19. The summed E-state index contributed by atoms with van der Waals surface area (Å²) in [6, 6.07) is 12.2. The summed E-state index contributed by atoms with van der Waals surface area (Å²) in [5.41, 5.74) is 3.30. The first kappa shape index (κ1) is 22.8. The Kier molecular flexibility index (Phi) is 7.09. The number of esters is 1. The molecule has 0 aliphatic heterocycles. The average Bonchev–Trinajstić information content (AvgIpc) is 3.13. The second-order valence-electron chi connectivity index (χ2n) is 7.61. The van der Waals surface area contributed by atoms with E-state index in [1.807, 2.05) is 37.3 Å². The van der Waals surface area contributed by atoms with Gasteiger partial charge in [0.15, 0.2) is 0 Å². The lowest BCUT2D eigenvalue weighted by molar-refractivity contribution is -0.142. The van der Waals surface area contributed by atoms with E-state index in [9.17, 15) is 14.4 Å². The van der Waals surface area contributed by atoms with Crippen LogP contribution < -0.4 is 10.6 Å². The highest BCUT2D eigenvalue weighted by molar-refractivity contribution is 5.98. The number of benzene rings is 2. The normalized spacial score (nSPS) is 11.8. The van der Waals surface area contributed by atoms with E-state index >= 15 is 0 Å². The second-order valence-corrected chi connectivity index (χ2v) is 7.61. The van der Waals surface area contributed by atoms with Gasteiger partial charge in [0, 0.05) is 18.0 Å². The summed E-state index contributed by atoms with van der Waals surface area (Å²) in [5.74, 6) is -1.11. The maximum atomic E-state index is 12.8. The zero-order chi connectivity index (χ0) is 23.3. The number of fused-ring (bicyclic) bond motifs is 1. The largest absolute Gasteiger partial charge is 0.463 e. The Balaban J connectivity index is 1.82. The zero-order valence-electron chi connectivity index (χ0n) is 18.4. The number of nitrogens with zero attached hydrogens (tertiary/aromatic N) is 2. The third-order valence-electron chi connectivity index (χ3n) is 4.49. The molecule has 0 spiro atoms. The van der Waals surface area contributed by atoms with Crippen LogP contribution in [0.3, 0.4) is 0 Å². The second kappa shape index (κ2) is 9.95. The van der Waals surface area contributed by atoms with Crippen molar-refractivity contribution in [3.05, 3.63) is 54.2 Å². The number of carbonyl (C=O) groups excluding carboxylic acids is 3. The van der Waals surface area contributed by atoms with Crippen molar-refractivity contribution in [2.24, 2.45) is 0 Å². The van der Waals surface area contributed by atoms with Crippen LogP contribution in [0.1, 0.15) is 26.3 Å². The van der Waals surface area contributed by atoms with Crippen molar-refractivity contribution in [1.29, 1.82) is 0 Å². The number of ether oxygens (including phenoxy) is 2. The number of amides is 2. The quantitative estimate of drug-likeness (QED) is 0.547. The maximum Gasteiger partial charge on any atom is 0.408 e. The monoisotopic (exact) mass is 438 g/mol. The molecule has 3 rings (SSSR count). The standard InChI is InChI=1S/C23H26N4O5/c1-14(2)32-23(30)26-20(13-31-16(4)28)22(29)25-18-9-8-17-12-24-27(21(17)11-18)19-7-5-6-15(3)10-19/h5-12,14,20H,13H2,1-4H3,(H,25,29)(H,26,30)/t20-/m0/s1. The van der Waals surface area contributed by atoms with E-state index in [4.69, 9.17) is 9.47 Å². The number of hydrogen-bond acceptors (Lipinski definition) is 6. The Morgan fingerprint density at radius 1 is 1.12 bits per heavy atom. The number of carbonyl (C=O) groups is 3. The number of aromatic nitrogens is 2. The Hall–Kier alpha value is -3.88. The van der Waals surface area contributed by atoms with E-state index in [2.05, 4.69) is 15.7 Å². The Morgan fingerprint density at radius 2 is 1.91 bits per heavy atom. The van der Waals surface area contributed by atoms with Crippen LogP contribution in [0.4, 0.5) is 10.5 Å². The minimum Gasteiger partial charge on any atom is -0.463 e. The van der Waals surface area contributed by atoms with Crippen LogP contribution in [0.15, 0.2) is 48.7 Å². The van der Waals surface area contributed by atoms with Gasteiger partial charge < -0.3 is 20.1 Å². The summed E-state index contributed by atoms with van der Waals surface area (Å²) in [5, 5.41) is 10.5. The lowest BCUT2D eigenvalue weighted by Crippen LogP contribution is -2.47. The van der Waals surface area contributed by atoms with Crippen molar-refractivity contribution in [2.75, 3.05) is 11.9 Å². The van der Waals surface area contributed by atoms with Crippen molar-refractivity contribution in [2.45, 2.75) is 39.8 Å². The Morgan fingerprint density at radius 3 is 2.59 bits per heavy atom. The molecule has 0 unspecified atom stereocenters. The summed E-state index contributed by atoms with van der Waals surface area (Å²) in [6.45, 7) is 6.28. The molecule has 1 atom stereocenters. The molecule has 32 heavy (non-hydrogen) atoms. The number of nitrogens with one attached hydrogen (secondary N) is 2. The average molecular weight is 438 g/mol. The molecular formula is C23H26N4O5. The molecule has 2 amide bonds. The summed E-state index contributed by atoms with van der Waals surface area (Å²) < 4.78 is 11.7. The van der Waals surface area contributed by atoms with Crippen molar-refractivity contribution >= 4 is 34.6 Å². The Bertz CT molecular complexity index is 1140. The van der Waals surface area contributed by atoms with Crippen LogP contribution in [0.25, 0.3) is 16.6 Å². The SMILES string of the molecule is CC(=O)OC[C@H](NC(=O)OC(C)C)C(=O)Nc1ccc2cnn(-c3cccc(C)c3)c2c1.